The second-order valence-corrected chi connectivity index (χ2v) is 6.04. The van der Waals surface area contributed by atoms with Crippen LogP contribution in [0.1, 0.15) is 24.2 Å². The van der Waals surface area contributed by atoms with Crippen LogP contribution in [0.15, 0.2) is 54.7 Å². The van der Waals surface area contributed by atoms with Gasteiger partial charge in [0, 0.05) is 19.0 Å². The summed E-state index contributed by atoms with van der Waals surface area (Å²) in [5.41, 5.74) is 1.90. The van der Waals surface area contributed by atoms with Crippen LogP contribution in [0.5, 0.6) is 0 Å². The largest absolute Gasteiger partial charge is 0.394 e. The number of carbonyl (C=O) groups is 1. The Morgan fingerprint density at radius 1 is 1.12 bits per heavy atom. The number of pyridine rings is 1. The minimum atomic E-state index is -0.260. The topological polar surface area (TPSA) is 79.5 Å². The molecule has 6 heteroatoms. The van der Waals surface area contributed by atoms with E-state index >= 15 is 0 Å². The molecule has 0 radical (unpaired) electrons. The molecule has 0 aliphatic heterocycles. The van der Waals surface area contributed by atoms with Gasteiger partial charge in [-0.05, 0) is 30.5 Å². The minimum Gasteiger partial charge on any atom is -0.394 e. The van der Waals surface area contributed by atoms with E-state index in [1.807, 2.05) is 59.1 Å². The fraction of sp³-hybridized carbons (Fsp3) is 0.316. The number of amides is 1. The zero-order valence-corrected chi connectivity index (χ0v) is 14.0. The van der Waals surface area contributed by atoms with Crippen molar-refractivity contribution < 1.29 is 9.90 Å². The lowest BCUT2D eigenvalue weighted by Crippen LogP contribution is -2.39. The number of benzene rings is 1. The Kier molecular flexibility index (Phi) is 5.74. The lowest BCUT2D eigenvalue weighted by molar-refractivity contribution is -0.122. The summed E-state index contributed by atoms with van der Waals surface area (Å²) in [5, 5.41) is 20.7. The Balaban J connectivity index is 1.47. The number of nitrogens with one attached hydrogen (secondary N) is 1. The molecule has 0 unspecified atom stereocenters. The molecule has 1 amide bonds. The molecule has 0 aliphatic rings. The first kappa shape index (κ1) is 17.1. The van der Waals surface area contributed by atoms with Crippen molar-refractivity contribution in [1.29, 1.82) is 0 Å². The van der Waals surface area contributed by atoms with Crippen LogP contribution in [0.25, 0.3) is 5.65 Å². The molecule has 0 saturated heterocycles. The summed E-state index contributed by atoms with van der Waals surface area (Å²) in [5.74, 6) is 0.801. The first-order valence-electron chi connectivity index (χ1n) is 8.49. The highest BCUT2D eigenvalue weighted by atomic mass is 16.3. The standard InChI is InChI=1S/C19H22N4O2/c24-14-16(13-15-7-2-1-3-8-15)20-19(25)11-6-10-18-22-21-17-9-4-5-12-23(17)18/h1-5,7-9,12,16,24H,6,10-11,13-14H2,(H,20,25)/t16-/m1/s1. The number of aryl methyl sites for hydroxylation is 1. The summed E-state index contributed by atoms with van der Waals surface area (Å²) in [6, 6.07) is 15.3. The number of rotatable bonds is 8. The number of hydrogen-bond donors (Lipinski definition) is 2. The van der Waals surface area contributed by atoms with Gasteiger partial charge in [0.25, 0.3) is 0 Å². The first-order chi connectivity index (χ1) is 12.3. The van der Waals surface area contributed by atoms with Gasteiger partial charge in [-0.2, -0.15) is 0 Å². The Bertz CT molecular complexity index is 816. The van der Waals surface area contributed by atoms with E-state index < -0.39 is 0 Å². The number of aromatic nitrogens is 3. The molecule has 0 bridgehead atoms. The van der Waals surface area contributed by atoms with E-state index in [1.54, 1.807) is 0 Å². The molecule has 1 aromatic carbocycles. The Morgan fingerprint density at radius 2 is 1.92 bits per heavy atom. The van der Waals surface area contributed by atoms with Crippen LogP contribution in [-0.4, -0.2) is 38.3 Å². The average Bonchev–Trinajstić information content (AvgIpc) is 3.05. The zero-order chi connectivity index (χ0) is 17.5. The lowest BCUT2D eigenvalue weighted by Gasteiger charge is -2.16. The zero-order valence-electron chi connectivity index (χ0n) is 14.0. The number of hydrogen-bond acceptors (Lipinski definition) is 4. The van der Waals surface area contributed by atoms with E-state index in [9.17, 15) is 9.90 Å². The molecule has 2 aromatic heterocycles. The van der Waals surface area contributed by atoms with Crippen molar-refractivity contribution in [2.24, 2.45) is 0 Å². The molecular weight excluding hydrogens is 316 g/mol. The SMILES string of the molecule is O=C(CCCc1nnc2ccccn12)N[C@@H](CO)Cc1ccccc1. The molecule has 0 spiro atoms. The molecular formula is C19H22N4O2. The van der Waals surface area contributed by atoms with Crippen LogP contribution in [-0.2, 0) is 17.6 Å². The van der Waals surface area contributed by atoms with Crippen LogP contribution in [0.2, 0.25) is 0 Å². The molecule has 1 atom stereocenters. The molecule has 25 heavy (non-hydrogen) atoms. The normalized spacial score (nSPS) is 12.2. The van der Waals surface area contributed by atoms with Crippen LogP contribution < -0.4 is 5.32 Å². The Hall–Kier alpha value is -2.73. The minimum absolute atomic E-state index is 0.0520. The monoisotopic (exact) mass is 338 g/mol. The van der Waals surface area contributed by atoms with Gasteiger partial charge in [-0.25, -0.2) is 0 Å². The third kappa shape index (κ3) is 4.64. The van der Waals surface area contributed by atoms with Crippen LogP contribution in [0.3, 0.4) is 0 Å². The van der Waals surface area contributed by atoms with Gasteiger partial charge in [0.2, 0.25) is 5.91 Å². The highest BCUT2D eigenvalue weighted by Crippen LogP contribution is 2.07. The molecule has 130 valence electrons. The van der Waals surface area contributed by atoms with E-state index in [4.69, 9.17) is 0 Å². The third-order valence-corrected chi connectivity index (χ3v) is 4.10. The molecule has 3 aromatic rings. The summed E-state index contributed by atoms with van der Waals surface area (Å²) in [4.78, 5) is 12.1. The van der Waals surface area contributed by atoms with Crippen molar-refractivity contribution in [1.82, 2.24) is 19.9 Å². The highest BCUT2D eigenvalue weighted by Gasteiger charge is 2.12. The highest BCUT2D eigenvalue weighted by molar-refractivity contribution is 5.76. The maximum Gasteiger partial charge on any atom is 0.220 e. The van der Waals surface area contributed by atoms with Crippen LogP contribution in [0.4, 0.5) is 0 Å². The van der Waals surface area contributed by atoms with Crippen molar-refractivity contribution in [3.05, 3.63) is 66.1 Å². The van der Waals surface area contributed by atoms with E-state index in [-0.39, 0.29) is 18.6 Å². The average molecular weight is 338 g/mol. The van der Waals surface area contributed by atoms with Gasteiger partial charge in [-0.3, -0.25) is 9.20 Å². The number of aliphatic hydroxyl groups is 1. The quantitative estimate of drug-likeness (QED) is 0.656. The summed E-state index contributed by atoms with van der Waals surface area (Å²) in [6.45, 7) is -0.0740. The van der Waals surface area contributed by atoms with Gasteiger partial charge < -0.3 is 10.4 Å². The van der Waals surface area contributed by atoms with Gasteiger partial charge in [0.05, 0.1) is 12.6 Å². The first-order valence-corrected chi connectivity index (χ1v) is 8.49. The lowest BCUT2D eigenvalue weighted by atomic mass is 10.1. The summed E-state index contributed by atoms with van der Waals surface area (Å²) < 4.78 is 1.93. The predicted octanol–water partition coefficient (Wildman–Crippen LogP) is 1.77. The second-order valence-electron chi connectivity index (χ2n) is 6.04. The van der Waals surface area contributed by atoms with Gasteiger partial charge in [-0.15, -0.1) is 10.2 Å². The fourth-order valence-corrected chi connectivity index (χ4v) is 2.83. The maximum atomic E-state index is 12.1. The van der Waals surface area contributed by atoms with Crippen molar-refractivity contribution in [3.8, 4) is 0 Å². The van der Waals surface area contributed by atoms with Crippen molar-refractivity contribution in [2.75, 3.05) is 6.61 Å². The van der Waals surface area contributed by atoms with Crippen LogP contribution in [0, 0.1) is 0 Å². The predicted molar refractivity (Wildman–Crippen MR) is 95.1 cm³/mol. The molecule has 6 nitrogen and oxygen atoms in total. The molecule has 2 heterocycles. The summed E-state index contributed by atoms with van der Waals surface area (Å²) >= 11 is 0. The Labute approximate surface area is 146 Å². The van der Waals surface area contributed by atoms with Crippen molar-refractivity contribution in [2.45, 2.75) is 31.7 Å². The van der Waals surface area contributed by atoms with Gasteiger partial charge in [0.1, 0.15) is 5.82 Å². The van der Waals surface area contributed by atoms with Crippen molar-refractivity contribution >= 4 is 11.6 Å². The fourth-order valence-electron chi connectivity index (χ4n) is 2.83. The van der Waals surface area contributed by atoms with Crippen molar-refractivity contribution in [3.63, 3.8) is 0 Å². The summed E-state index contributed by atoms with van der Waals surface area (Å²) in [6.07, 6.45) is 4.31. The number of nitrogens with zero attached hydrogens (tertiary/aromatic N) is 3. The third-order valence-electron chi connectivity index (χ3n) is 4.10. The Morgan fingerprint density at radius 3 is 2.72 bits per heavy atom. The van der Waals surface area contributed by atoms with Gasteiger partial charge >= 0.3 is 0 Å². The number of aliphatic hydroxyl groups excluding tert-OH is 1. The number of carbonyl (C=O) groups excluding carboxylic acids is 1. The van der Waals surface area contributed by atoms with E-state index in [0.29, 0.717) is 25.7 Å². The van der Waals surface area contributed by atoms with Crippen LogP contribution >= 0.6 is 0 Å². The summed E-state index contributed by atoms with van der Waals surface area (Å²) in [7, 11) is 0. The van der Waals surface area contributed by atoms with E-state index in [0.717, 1.165) is 17.0 Å². The van der Waals surface area contributed by atoms with Gasteiger partial charge in [-0.1, -0.05) is 36.4 Å². The molecule has 0 aliphatic carbocycles. The van der Waals surface area contributed by atoms with E-state index in [1.165, 1.54) is 0 Å². The molecule has 2 N–H and O–H groups in total. The molecule has 0 fully saturated rings. The van der Waals surface area contributed by atoms with Gasteiger partial charge in [0.15, 0.2) is 5.65 Å². The maximum absolute atomic E-state index is 12.1. The van der Waals surface area contributed by atoms with E-state index in [2.05, 4.69) is 15.5 Å². The number of fused-ring (bicyclic) bond motifs is 1. The molecule has 0 saturated carbocycles. The second kappa shape index (κ2) is 8.39. The molecule has 3 rings (SSSR count). The smallest absolute Gasteiger partial charge is 0.220 e.